The monoisotopic (exact) mass is 222 g/mol. The number of nitrogens with one attached hydrogen (secondary N) is 1. The summed E-state index contributed by atoms with van der Waals surface area (Å²) in [6.07, 6.45) is 2.39. The number of nitrogens with zero attached hydrogens (tertiary/aromatic N) is 1. The molecule has 2 heterocycles. The number of aryl methyl sites for hydroxylation is 1. The summed E-state index contributed by atoms with van der Waals surface area (Å²) < 4.78 is 5.18. The number of rotatable bonds is 4. The third kappa shape index (κ3) is 2.58. The highest BCUT2D eigenvalue weighted by molar-refractivity contribution is 5.19. The van der Waals surface area contributed by atoms with Crippen LogP contribution in [0.15, 0.2) is 18.3 Å². The van der Waals surface area contributed by atoms with Gasteiger partial charge in [-0.1, -0.05) is 13.0 Å². The zero-order chi connectivity index (χ0) is 11.4. The van der Waals surface area contributed by atoms with Crippen molar-refractivity contribution >= 4 is 0 Å². The van der Waals surface area contributed by atoms with E-state index in [1.165, 1.54) is 5.56 Å². The Labute approximate surface area is 95.7 Å². The minimum absolute atomic E-state index is 0.0340. The van der Waals surface area contributed by atoms with E-state index >= 15 is 0 Å². The minimum atomic E-state index is -0.395. The number of aliphatic hydroxyl groups excluding tert-OH is 1. The first-order chi connectivity index (χ1) is 7.81. The lowest BCUT2D eigenvalue weighted by molar-refractivity contribution is 0.122. The molecule has 4 nitrogen and oxygen atoms in total. The van der Waals surface area contributed by atoms with Gasteiger partial charge in [-0.2, -0.15) is 0 Å². The molecule has 4 heteroatoms. The van der Waals surface area contributed by atoms with Gasteiger partial charge in [0.05, 0.1) is 31.1 Å². The first-order valence-electron chi connectivity index (χ1n) is 5.73. The van der Waals surface area contributed by atoms with Crippen LogP contribution in [0.3, 0.4) is 0 Å². The Kier molecular flexibility index (Phi) is 3.88. The van der Waals surface area contributed by atoms with Crippen LogP contribution in [0.2, 0.25) is 0 Å². The molecule has 2 rings (SSSR count). The van der Waals surface area contributed by atoms with Gasteiger partial charge in [-0.3, -0.25) is 4.98 Å². The van der Waals surface area contributed by atoms with E-state index in [1.807, 2.05) is 6.07 Å². The van der Waals surface area contributed by atoms with Gasteiger partial charge < -0.3 is 15.2 Å². The lowest BCUT2D eigenvalue weighted by Gasteiger charge is -2.15. The normalized spacial score (nSPS) is 24.9. The Hall–Kier alpha value is -0.970. The second-order valence-electron chi connectivity index (χ2n) is 4.05. The van der Waals surface area contributed by atoms with Crippen LogP contribution < -0.4 is 5.32 Å². The number of aliphatic hydroxyl groups is 1. The lowest BCUT2D eigenvalue weighted by Crippen LogP contribution is -2.38. The molecule has 2 atom stereocenters. The maximum atomic E-state index is 9.59. The van der Waals surface area contributed by atoms with Gasteiger partial charge in [0.1, 0.15) is 0 Å². The Balaban J connectivity index is 1.93. The second-order valence-corrected chi connectivity index (χ2v) is 4.05. The van der Waals surface area contributed by atoms with E-state index in [2.05, 4.69) is 23.3 Å². The van der Waals surface area contributed by atoms with Crippen molar-refractivity contribution in [3.8, 4) is 0 Å². The van der Waals surface area contributed by atoms with Crippen molar-refractivity contribution in [3.05, 3.63) is 29.6 Å². The highest BCUT2D eigenvalue weighted by Gasteiger charge is 2.25. The third-order valence-corrected chi connectivity index (χ3v) is 2.95. The molecule has 0 aromatic carbocycles. The summed E-state index contributed by atoms with van der Waals surface area (Å²) >= 11 is 0. The highest BCUT2D eigenvalue weighted by Crippen LogP contribution is 2.09. The SMILES string of the molecule is CCc1cccnc1CNC1COCC1O. The molecule has 0 radical (unpaired) electrons. The Bertz CT molecular complexity index is 344. The molecule has 0 saturated carbocycles. The van der Waals surface area contributed by atoms with E-state index in [0.717, 1.165) is 12.1 Å². The molecule has 1 aromatic rings. The van der Waals surface area contributed by atoms with Crippen LogP contribution in [0, 0.1) is 0 Å². The van der Waals surface area contributed by atoms with Crippen LogP contribution in [-0.2, 0) is 17.7 Å². The fourth-order valence-electron chi connectivity index (χ4n) is 1.92. The van der Waals surface area contributed by atoms with Gasteiger partial charge in [0, 0.05) is 12.7 Å². The molecule has 0 spiro atoms. The molecule has 1 aromatic heterocycles. The van der Waals surface area contributed by atoms with Gasteiger partial charge in [-0.25, -0.2) is 0 Å². The molecule has 0 bridgehead atoms. The summed E-state index contributed by atoms with van der Waals surface area (Å²) in [5.74, 6) is 0. The van der Waals surface area contributed by atoms with Gasteiger partial charge in [-0.05, 0) is 18.1 Å². The van der Waals surface area contributed by atoms with Crippen molar-refractivity contribution in [3.63, 3.8) is 0 Å². The fourth-order valence-corrected chi connectivity index (χ4v) is 1.92. The topological polar surface area (TPSA) is 54.4 Å². The van der Waals surface area contributed by atoms with Crippen LogP contribution >= 0.6 is 0 Å². The maximum absolute atomic E-state index is 9.59. The zero-order valence-electron chi connectivity index (χ0n) is 9.52. The van der Waals surface area contributed by atoms with E-state index in [0.29, 0.717) is 19.8 Å². The molecule has 2 N–H and O–H groups in total. The summed E-state index contributed by atoms with van der Waals surface area (Å²) in [5, 5.41) is 12.9. The first kappa shape index (κ1) is 11.5. The summed E-state index contributed by atoms with van der Waals surface area (Å²) in [4.78, 5) is 4.35. The van der Waals surface area contributed by atoms with E-state index in [4.69, 9.17) is 4.74 Å². The van der Waals surface area contributed by atoms with Gasteiger partial charge in [0.15, 0.2) is 0 Å². The standard InChI is InChI=1S/C12H18N2O2/c1-2-9-4-3-5-13-10(9)6-14-11-7-16-8-12(11)15/h3-5,11-12,14-15H,2,6-8H2,1H3. The highest BCUT2D eigenvalue weighted by atomic mass is 16.5. The molecule has 0 aliphatic carbocycles. The molecule has 1 fully saturated rings. The summed E-state index contributed by atoms with van der Waals surface area (Å²) in [7, 11) is 0. The number of pyridine rings is 1. The summed E-state index contributed by atoms with van der Waals surface area (Å²) in [5.41, 5.74) is 2.31. The molecule has 88 valence electrons. The molecule has 1 aliphatic heterocycles. The predicted octanol–water partition coefficient (Wildman–Crippen LogP) is 0.493. The molecule has 2 unspecified atom stereocenters. The second kappa shape index (κ2) is 5.39. The van der Waals surface area contributed by atoms with Gasteiger partial charge in [-0.15, -0.1) is 0 Å². The van der Waals surface area contributed by atoms with Crippen LogP contribution in [0.1, 0.15) is 18.2 Å². The largest absolute Gasteiger partial charge is 0.389 e. The van der Waals surface area contributed by atoms with Crippen molar-refractivity contribution in [2.45, 2.75) is 32.0 Å². The average molecular weight is 222 g/mol. The maximum Gasteiger partial charge on any atom is 0.0948 e. The van der Waals surface area contributed by atoms with Crippen molar-refractivity contribution in [1.29, 1.82) is 0 Å². The van der Waals surface area contributed by atoms with E-state index < -0.39 is 6.10 Å². The molecular formula is C12H18N2O2. The Morgan fingerprint density at radius 1 is 1.56 bits per heavy atom. The predicted molar refractivity (Wildman–Crippen MR) is 61.1 cm³/mol. The third-order valence-electron chi connectivity index (χ3n) is 2.95. The Morgan fingerprint density at radius 3 is 3.12 bits per heavy atom. The summed E-state index contributed by atoms with van der Waals surface area (Å²) in [6, 6.07) is 4.08. The zero-order valence-corrected chi connectivity index (χ0v) is 9.52. The van der Waals surface area contributed by atoms with Gasteiger partial charge in [0.2, 0.25) is 0 Å². The number of ether oxygens (including phenoxy) is 1. The van der Waals surface area contributed by atoms with E-state index in [-0.39, 0.29) is 6.04 Å². The fraction of sp³-hybridized carbons (Fsp3) is 0.583. The molecule has 1 saturated heterocycles. The number of aromatic nitrogens is 1. The minimum Gasteiger partial charge on any atom is -0.389 e. The molecule has 1 aliphatic rings. The van der Waals surface area contributed by atoms with Crippen LogP contribution in [-0.4, -0.2) is 35.5 Å². The number of hydrogen-bond donors (Lipinski definition) is 2. The first-order valence-corrected chi connectivity index (χ1v) is 5.73. The number of hydrogen-bond acceptors (Lipinski definition) is 4. The van der Waals surface area contributed by atoms with Crippen LogP contribution in [0.25, 0.3) is 0 Å². The molecular weight excluding hydrogens is 204 g/mol. The van der Waals surface area contributed by atoms with Gasteiger partial charge >= 0.3 is 0 Å². The summed E-state index contributed by atoms with van der Waals surface area (Å²) in [6.45, 7) is 3.82. The smallest absolute Gasteiger partial charge is 0.0948 e. The average Bonchev–Trinajstić information content (AvgIpc) is 2.72. The lowest BCUT2D eigenvalue weighted by atomic mass is 10.1. The van der Waals surface area contributed by atoms with Crippen LogP contribution in [0.5, 0.6) is 0 Å². The van der Waals surface area contributed by atoms with E-state index in [9.17, 15) is 5.11 Å². The van der Waals surface area contributed by atoms with Crippen LogP contribution in [0.4, 0.5) is 0 Å². The van der Waals surface area contributed by atoms with E-state index in [1.54, 1.807) is 6.20 Å². The molecule has 0 amide bonds. The Morgan fingerprint density at radius 2 is 2.44 bits per heavy atom. The van der Waals surface area contributed by atoms with Crippen molar-refractivity contribution < 1.29 is 9.84 Å². The van der Waals surface area contributed by atoms with Crippen molar-refractivity contribution in [2.24, 2.45) is 0 Å². The quantitative estimate of drug-likeness (QED) is 0.778. The van der Waals surface area contributed by atoms with Crippen molar-refractivity contribution in [2.75, 3.05) is 13.2 Å². The van der Waals surface area contributed by atoms with Crippen molar-refractivity contribution in [1.82, 2.24) is 10.3 Å². The molecule has 16 heavy (non-hydrogen) atoms. The van der Waals surface area contributed by atoms with Gasteiger partial charge in [0.25, 0.3) is 0 Å².